The summed E-state index contributed by atoms with van der Waals surface area (Å²) in [5.74, 6) is 0. The first kappa shape index (κ1) is 17.0. The summed E-state index contributed by atoms with van der Waals surface area (Å²) in [4.78, 5) is 1.07. The Morgan fingerprint density at radius 1 is 1.37 bits per heavy atom. The molecule has 0 aromatic carbocycles. The second kappa shape index (κ2) is 6.57. The van der Waals surface area contributed by atoms with Crippen molar-refractivity contribution in [1.82, 2.24) is 4.72 Å². The molecular formula is C13H22ClNO2S2. The fraction of sp³-hybridized carbons (Fsp3) is 0.692. The third-order valence-electron chi connectivity index (χ3n) is 2.58. The highest BCUT2D eigenvalue weighted by Crippen LogP contribution is 2.24. The molecule has 110 valence electrons. The van der Waals surface area contributed by atoms with Crippen molar-refractivity contribution in [1.29, 1.82) is 0 Å². The molecular weight excluding hydrogens is 302 g/mol. The minimum absolute atomic E-state index is 0.0934. The van der Waals surface area contributed by atoms with Crippen LogP contribution in [-0.4, -0.2) is 20.3 Å². The predicted molar refractivity (Wildman–Crippen MR) is 82.6 cm³/mol. The monoisotopic (exact) mass is 323 g/mol. The predicted octanol–water partition coefficient (Wildman–Crippen LogP) is 3.63. The SMILES string of the molecule is CCc1ccc(S(=O)(=O)NCC(Cl)CC(C)(C)C)s1. The lowest BCUT2D eigenvalue weighted by Gasteiger charge is -2.21. The second-order valence-corrected chi connectivity index (χ2v) is 9.57. The lowest BCUT2D eigenvalue weighted by atomic mass is 9.90. The van der Waals surface area contributed by atoms with Crippen molar-refractivity contribution in [3.63, 3.8) is 0 Å². The van der Waals surface area contributed by atoms with Crippen LogP contribution in [0.3, 0.4) is 0 Å². The van der Waals surface area contributed by atoms with Gasteiger partial charge in [0.05, 0.1) is 0 Å². The third-order valence-corrected chi connectivity index (χ3v) is 6.03. The van der Waals surface area contributed by atoms with E-state index in [1.54, 1.807) is 6.07 Å². The smallest absolute Gasteiger partial charge is 0.209 e. The number of aryl methyl sites for hydroxylation is 1. The van der Waals surface area contributed by atoms with E-state index in [4.69, 9.17) is 11.6 Å². The van der Waals surface area contributed by atoms with Crippen LogP contribution in [-0.2, 0) is 16.4 Å². The molecule has 0 aliphatic heterocycles. The molecule has 0 aliphatic carbocycles. The molecule has 0 bridgehead atoms. The minimum atomic E-state index is -3.42. The number of rotatable bonds is 6. The highest BCUT2D eigenvalue weighted by molar-refractivity contribution is 7.91. The maximum Gasteiger partial charge on any atom is 0.250 e. The van der Waals surface area contributed by atoms with E-state index in [2.05, 4.69) is 25.5 Å². The second-order valence-electron chi connectivity index (χ2n) is 5.79. The zero-order valence-electron chi connectivity index (χ0n) is 11.9. The van der Waals surface area contributed by atoms with Crippen molar-refractivity contribution in [2.75, 3.05) is 6.54 Å². The number of hydrogen-bond donors (Lipinski definition) is 1. The molecule has 0 radical (unpaired) electrons. The molecule has 1 heterocycles. The van der Waals surface area contributed by atoms with Gasteiger partial charge in [-0.1, -0.05) is 27.7 Å². The first-order valence-corrected chi connectivity index (χ1v) is 9.10. The summed E-state index contributed by atoms with van der Waals surface area (Å²) in [6.07, 6.45) is 1.62. The zero-order chi connectivity index (χ0) is 14.7. The average Bonchev–Trinajstić information content (AvgIpc) is 2.73. The lowest BCUT2D eigenvalue weighted by Crippen LogP contribution is -2.31. The number of halogens is 1. The van der Waals surface area contributed by atoms with Gasteiger partial charge in [0.2, 0.25) is 10.0 Å². The highest BCUT2D eigenvalue weighted by atomic mass is 35.5. The molecule has 1 aromatic heterocycles. The van der Waals surface area contributed by atoms with Gasteiger partial charge in [-0.25, -0.2) is 13.1 Å². The van der Waals surface area contributed by atoms with Crippen molar-refractivity contribution in [3.8, 4) is 0 Å². The summed E-state index contributed by atoms with van der Waals surface area (Å²) in [6, 6.07) is 3.51. The van der Waals surface area contributed by atoms with Crippen LogP contribution >= 0.6 is 22.9 Å². The summed E-state index contributed by atoms with van der Waals surface area (Å²) in [6.45, 7) is 8.53. The number of hydrogen-bond acceptors (Lipinski definition) is 3. The molecule has 0 saturated heterocycles. The summed E-state index contributed by atoms with van der Waals surface area (Å²) < 4.78 is 27.1. The molecule has 1 aromatic rings. The highest BCUT2D eigenvalue weighted by Gasteiger charge is 2.21. The van der Waals surface area contributed by atoms with Gasteiger partial charge in [-0.05, 0) is 30.4 Å². The quantitative estimate of drug-likeness (QED) is 0.812. The van der Waals surface area contributed by atoms with E-state index in [0.717, 1.165) is 17.7 Å². The van der Waals surface area contributed by atoms with E-state index < -0.39 is 10.0 Å². The van der Waals surface area contributed by atoms with Crippen LogP contribution in [0, 0.1) is 5.41 Å². The van der Waals surface area contributed by atoms with Gasteiger partial charge in [-0.2, -0.15) is 0 Å². The molecule has 19 heavy (non-hydrogen) atoms. The number of alkyl halides is 1. The van der Waals surface area contributed by atoms with Gasteiger partial charge in [0, 0.05) is 16.8 Å². The van der Waals surface area contributed by atoms with Gasteiger partial charge in [-0.3, -0.25) is 0 Å². The number of sulfonamides is 1. The summed E-state index contributed by atoms with van der Waals surface area (Å²) in [5, 5.41) is -0.194. The Labute approximate surface area is 125 Å². The Morgan fingerprint density at radius 3 is 2.47 bits per heavy atom. The molecule has 1 rings (SSSR count). The van der Waals surface area contributed by atoms with Gasteiger partial charge in [0.15, 0.2) is 0 Å². The zero-order valence-corrected chi connectivity index (χ0v) is 14.3. The molecule has 1 unspecified atom stereocenters. The number of thiophene rings is 1. The molecule has 0 saturated carbocycles. The Morgan fingerprint density at radius 2 is 2.00 bits per heavy atom. The fourth-order valence-electron chi connectivity index (χ4n) is 1.70. The normalized spacial score (nSPS) is 14.6. The van der Waals surface area contributed by atoms with Gasteiger partial charge >= 0.3 is 0 Å². The van der Waals surface area contributed by atoms with Crippen molar-refractivity contribution >= 4 is 33.0 Å². The molecule has 0 spiro atoms. The van der Waals surface area contributed by atoms with Gasteiger partial charge in [0.25, 0.3) is 0 Å². The summed E-state index contributed by atoms with van der Waals surface area (Å²) >= 11 is 7.48. The first-order chi connectivity index (χ1) is 8.64. The van der Waals surface area contributed by atoms with Gasteiger partial charge in [0.1, 0.15) is 4.21 Å². The maximum absolute atomic E-state index is 12.1. The van der Waals surface area contributed by atoms with Crippen LogP contribution in [0.15, 0.2) is 16.3 Å². The minimum Gasteiger partial charge on any atom is -0.209 e. The fourth-order valence-corrected chi connectivity index (χ4v) is 4.75. The molecule has 1 atom stereocenters. The molecule has 0 aliphatic rings. The van der Waals surface area contributed by atoms with Crippen LogP contribution in [0.2, 0.25) is 0 Å². The van der Waals surface area contributed by atoms with E-state index in [9.17, 15) is 8.42 Å². The third kappa shape index (κ3) is 5.81. The van der Waals surface area contributed by atoms with Crippen molar-refractivity contribution in [2.24, 2.45) is 5.41 Å². The maximum atomic E-state index is 12.1. The first-order valence-electron chi connectivity index (χ1n) is 6.36. The van der Waals surface area contributed by atoms with Crippen LogP contribution in [0.4, 0.5) is 0 Å². The number of nitrogens with one attached hydrogen (secondary N) is 1. The lowest BCUT2D eigenvalue weighted by molar-refractivity contribution is 0.369. The van der Waals surface area contributed by atoms with Crippen molar-refractivity contribution < 1.29 is 8.42 Å². The van der Waals surface area contributed by atoms with Crippen LogP contribution in [0.25, 0.3) is 0 Å². The van der Waals surface area contributed by atoms with Crippen LogP contribution in [0.5, 0.6) is 0 Å². The van der Waals surface area contributed by atoms with Gasteiger partial charge in [-0.15, -0.1) is 22.9 Å². The van der Waals surface area contributed by atoms with E-state index in [1.807, 2.05) is 13.0 Å². The molecule has 6 heteroatoms. The Bertz CT molecular complexity index is 503. The van der Waals surface area contributed by atoms with Crippen LogP contribution in [0.1, 0.15) is 39.0 Å². The largest absolute Gasteiger partial charge is 0.250 e. The molecule has 3 nitrogen and oxygen atoms in total. The van der Waals surface area contributed by atoms with Crippen molar-refractivity contribution in [3.05, 3.63) is 17.0 Å². The van der Waals surface area contributed by atoms with Crippen molar-refractivity contribution in [2.45, 2.75) is 50.1 Å². The van der Waals surface area contributed by atoms with E-state index in [1.165, 1.54) is 11.3 Å². The van der Waals surface area contributed by atoms with E-state index in [0.29, 0.717) is 4.21 Å². The van der Waals surface area contributed by atoms with Crippen LogP contribution < -0.4 is 4.72 Å². The standard InChI is InChI=1S/C13H22ClNO2S2/c1-5-11-6-7-12(18-11)19(16,17)15-9-10(14)8-13(2,3)4/h6-7,10,15H,5,8-9H2,1-4H3. The van der Waals surface area contributed by atoms with Gasteiger partial charge < -0.3 is 0 Å². The van der Waals surface area contributed by atoms with E-state index in [-0.39, 0.29) is 17.3 Å². The topological polar surface area (TPSA) is 46.2 Å². The Hall–Kier alpha value is -0.100. The molecule has 0 fully saturated rings. The molecule has 1 N–H and O–H groups in total. The Kier molecular flexibility index (Phi) is 5.86. The average molecular weight is 324 g/mol. The summed E-state index contributed by atoms with van der Waals surface area (Å²) in [7, 11) is -3.42. The Balaban J connectivity index is 2.61. The van der Waals surface area contributed by atoms with E-state index >= 15 is 0 Å². The molecule has 0 amide bonds. The summed E-state index contributed by atoms with van der Waals surface area (Å²) in [5.41, 5.74) is 0.0934.